The highest BCUT2D eigenvalue weighted by atomic mass is 35.5. The van der Waals surface area contributed by atoms with Gasteiger partial charge < -0.3 is 10.1 Å². The average molecular weight is 423 g/mol. The third-order valence-corrected chi connectivity index (χ3v) is 6.83. The minimum atomic E-state index is -3.32. The Hall–Kier alpha value is -2.09. The summed E-state index contributed by atoms with van der Waals surface area (Å²) in [6, 6.07) is 11.6. The van der Waals surface area contributed by atoms with Crippen LogP contribution >= 0.6 is 11.6 Å². The molecule has 0 bridgehead atoms. The minimum Gasteiger partial charge on any atom is -0.495 e. The van der Waals surface area contributed by atoms with Gasteiger partial charge in [-0.15, -0.1) is 0 Å². The fourth-order valence-corrected chi connectivity index (χ4v) is 5.01. The van der Waals surface area contributed by atoms with Gasteiger partial charge in [0.1, 0.15) is 5.75 Å². The van der Waals surface area contributed by atoms with Crippen LogP contribution in [0.2, 0.25) is 5.02 Å². The Kier molecular flexibility index (Phi) is 6.59. The van der Waals surface area contributed by atoms with E-state index >= 15 is 0 Å². The molecular formula is C20H23ClN2O4S. The molecule has 28 heavy (non-hydrogen) atoms. The second-order valence-corrected chi connectivity index (χ2v) is 9.09. The Morgan fingerprint density at radius 2 is 1.79 bits per heavy atom. The fraction of sp³-hybridized carbons (Fsp3) is 0.350. The van der Waals surface area contributed by atoms with Crippen LogP contribution in [0.5, 0.6) is 5.75 Å². The van der Waals surface area contributed by atoms with E-state index in [0.29, 0.717) is 40.7 Å². The first-order valence-corrected chi connectivity index (χ1v) is 11.1. The fourth-order valence-electron chi connectivity index (χ4n) is 3.14. The average Bonchev–Trinajstić information content (AvgIpc) is 2.69. The number of rotatable bonds is 6. The molecule has 0 radical (unpaired) electrons. The van der Waals surface area contributed by atoms with Crippen LogP contribution in [-0.2, 0) is 15.8 Å². The molecule has 150 valence electrons. The van der Waals surface area contributed by atoms with Crippen molar-refractivity contribution >= 4 is 33.2 Å². The number of methoxy groups -OCH3 is 1. The Morgan fingerprint density at radius 3 is 2.39 bits per heavy atom. The Labute approximate surface area is 170 Å². The number of sulfonamides is 1. The van der Waals surface area contributed by atoms with Crippen LogP contribution in [0.4, 0.5) is 5.69 Å². The number of anilines is 1. The van der Waals surface area contributed by atoms with Crippen molar-refractivity contribution in [2.75, 3.05) is 25.5 Å². The van der Waals surface area contributed by atoms with Crippen LogP contribution in [-0.4, -0.2) is 38.8 Å². The summed E-state index contributed by atoms with van der Waals surface area (Å²) >= 11 is 6.07. The smallest absolute Gasteiger partial charge is 0.255 e. The van der Waals surface area contributed by atoms with Gasteiger partial charge in [0.25, 0.3) is 5.91 Å². The summed E-state index contributed by atoms with van der Waals surface area (Å²) in [5, 5.41) is 3.17. The van der Waals surface area contributed by atoms with Gasteiger partial charge in [0.2, 0.25) is 10.0 Å². The van der Waals surface area contributed by atoms with Gasteiger partial charge in [-0.2, -0.15) is 0 Å². The summed E-state index contributed by atoms with van der Waals surface area (Å²) in [6.07, 6.45) is 2.90. The van der Waals surface area contributed by atoms with E-state index in [0.717, 1.165) is 19.3 Å². The number of benzene rings is 2. The van der Waals surface area contributed by atoms with Crippen LogP contribution in [0, 0.1) is 0 Å². The lowest BCUT2D eigenvalue weighted by Crippen LogP contribution is -2.36. The molecule has 0 aromatic heterocycles. The number of hydrogen-bond acceptors (Lipinski definition) is 4. The first kappa shape index (κ1) is 20.6. The summed E-state index contributed by atoms with van der Waals surface area (Å²) in [4.78, 5) is 12.4. The number of halogens is 1. The minimum absolute atomic E-state index is 0.0526. The van der Waals surface area contributed by atoms with E-state index in [1.807, 2.05) is 0 Å². The molecule has 3 rings (SSSR count). The number of carbonyl (C=O) groups is 1. The maximum Gasteiger partial charge on any atom is 0.255 e. The van der Waals surface area contributed by atoms with E-state index in [4.69, 9.17) is 16.3 Å². The summed E-state index contributed by atoms with van der Waals surface area (Å²) in [7, 11) is -1.80. The number of piperidine rings is 1. The lowest BCUT2D eigenvalue weighted by Gasteiger charge is -2.25. The molecule has 0 spiro atoms. The zero-order valence-corrected chi connectivity index (χ0v) is 17.2. The molecule has 1 saturated heterocycles. The quantitative estimate of drug-likeness (QED) is 0.765. The Balaban J connectivity index is 1.65. The topological polar surface area (TPSA) is 75.7 Å². The van der Waals surface area contributed by atoms with Crippen molar-refractivity contribution in [3.63, 3.8) is 0 Å². The molecule has 0 unspecified atom stereocenters. The first-order chi connectivity index (χ1) is 13.4. The second kappa shape index (κ2) is 8.94. The molecule has 1 heterocycles. The molecule has 0 saturated carbocycles. The van der Waals surface area contributed by atoms with E-state index in [1.165, 1.54) is 7.11 Å². The van der Waals surface area contributed by atoms with Gasteiger partial charge in [-0.3, -0.25) is 4.79 Å². The highest BCUT2D eigenvalue weighted by Gasteiger charge is 2.24. The van der Waals surface area contributed by atoms with Gasteiger partial charge in [-0.05, 0) is 48.7 Å². The molecule has 2 aromatic rings. The molecule has 1 aliphatic heterocycles. The molecule has 1 N–H and O–H groups in total. The van der Waals surface area contributed by atoms with Crippen molar-refractivity contribution in [2.24, 2.45) is 0 Å². The standard InChI is InChI=1S/C20H23ClN2O4S/c1-27-19-10-9-17(13-18(19)21)22-20(24)16-7-5-15(6-8-16)14-28(25,26)23-11-3-2-4-12-23/h5-10,13H,2-4,11-12,14H2,1H3,(H,22,24). The highest BCUT2D eigenvalue weighted by molar-refractivity contribution is 7.88. The largest absolute Gasteiger partial charge is 0.495 e. The maximum absolute atomic E-state index is 12.5. The lowest BCUT2D eigenvalue weighted by atomic mass is 10.1. The zero-order chi connectivity index (χ0) is 20.1. The van der Waals surface area contributed by atoms with Crippen molar-refractivity contribution in [1.82, 2.24) is 4.31 Å². The van der Waals surface area contributed by atoms with Crippen molar-refractivity contribution in [3.8, 4) is 5.75 Å². The van der Waals surface area contributed by atoms with Crippen molar-refractivity contribution < 1.29 is 17.9 Å². The SMILES string of the molecule is COc1ccc(NC(=O)c2ccc(CS(=O)(=O)N3CCCCC3)cc2)cc1Cl. The van der Waals surface area contributed by atoms with Gasteiger partial charge in [0, 0.05) is 24.3 Å². The van der Waals surface area contributed by atoms with E-state index in [9.17, 15) is 13.2 Å². The summed E-state index contributed by atoms with van der Waals surface area (Å²) in [5.41, 5.74) is 1.65. The van der Waals surface area contributed by atoms with E-state index in [1.54, 1.807) is 46.8 Å². The molecule has 6 nitrogen and oxygen atoms in total. The third-order valence-electron chi connectivity index (χ3n) is 4.68. The second-order valence-electron chi connectivity index (χ2n) is 6.72. The number of nitrogens with zero attached hydrogens (tertiary/aromatic N) is 1. The predicted molar refractivity (Wildman–Crippen MR) is 110 cm³/mol. The van der Waals surface area contributed by atoms with Crippen LogP contribution < -0.4 is 10.1 Å². The van der Waals surface area contributed by atoms with E-state index < -0.39 is 10.0 Å². The van der Waals surface area contributed by atoms with Crippen molar-refractivity contribution in [2.45, 2.75) is 25.0 Å². The molecule has 8 heteroatoms. The number of ether oxygens (including phenoxy) is 1. The number of carbonyl (C=O) groups excluding carboxylic acids is 1. The summed E-state index contributed by atoms with van der Waals surface area (Å²) in [5.74, 6) is 0.175. The lowest BCUT2D eigenvalue weighted by molar-refractivity contribution is 0.102. The van der Waals surface area contributed by atoms with E-state index in [-0.39, 0.29) is 11.7 Å². The van der Waals surface area contributed by atoms with E-state index in [2.05, 4.69) is 5.32 Å². The van der Waals surface area contributed by atoms with Crippen LogP contribution in [0.1, 0.15) is 35.2 Å². The molecule has 1 amide bonds. The molecule has 1 aliphatic rings. The normalized spacial score (nSPS) is 15.2. The Morgan fingerprint density at radius 1 is 1.11 bits per heavy atom. The van der Waals surface area contributed by atoms with Crippen molar-refractivity contribution in [1.29, 1.82) is 0 Å². The molecular weight excluding hydrogens is 400 g/mol. The molecule has 0 atom stereocenters. The van der Waals surface area contributed by atoms with Crippen LogP contribution in [0.3, 0.4) is 0 Å². The van der Waals surface area contributed by atoms with Gasteiger partial charge in [0.05, 0.1) is 17.9 Å². The number of hydrogen-bond donors (Lipinski definition) is 1. The molecule has 1 fully saturated rings. The monoisotopic (exact) mass is 422 g/mol. The highest BCUT2D eigenvalue weighted by Crippen LogP contribution is 2.27. The Bertz CT molecular complexity index is 939. The number of nitrogens with one attached hydrogen (secondary N) is 1. The molecule has 2 aromatic carbocycles. The third kappa shape index (κ3) is 5.04. The van der Waals surface area contributed by atoms with Gasteiger partial charge in [-0.1, -0.05) is 30.2 Å². The summed E-state index contributed by atoms with van der Waals surface area (Å²) in [6.45, 7) is 1.18. The van der Waals surface area contributed by atoms with Gasteiger partial charge >= 0.3 is 0 Å². The summed E-state index contributed by atoms with van der Waals surface area (Å²) < 4.78 is 31.7. The zero-order valence-electron chi connectivity index (χ0n) is 15.7. The van der Waals surface area contributed by atoms with Crippen molar-refractivity contribution in [3.05, 3.63) is 58.6 Å². The van der Waals surface area contributed by atoms with Crippen LogP contribution in [0.15, 0.2) is 42.5 Å². The van der Waals surface area contributed by atoms with Gasteiger partial charge in [0.15, 0.2) is 0 Å². The first-order valence-electron chi connectivity index (χ1n) is 9.11. The van der Waals surface area contributed by atoms with Crippen LogP contribution in [0.25, 0.3) is 0 Å². The molecule has 0 aliphatic carbocycles. The maximum atomic E-state index is 12.5. The van der Waals surface area contributed by atoms with Gasteiger partial charge in [-0.25, -0.2) is 12.7 Å². The number of amides is 1. The predicted octanol–water partition coefficient (Wildman–Crippen LogP) is 3.92.